The lowest BCUT2D eigenvalue weighted by Gasteiger charge is -2.27. The SMILES string of the molecule is NC(=O)c1c(CC(O)O)c2ncc(Cc3ccc(F)cc3)cc2n(CCN2CCCCC2=O)c1=O. The van der Waals surface area contributed by atoms with Crippen LogP contribution in [0.2, 0.25) is 0 Å². The number of carbonyl (C=O) groups excluding carboxylic acids is 2. The van der Waals surface area contributed by atoms with Crippen molar-refractivity contribution in [2.45, 2.75) is 44.9 Å². The summed E-state index contributed by atoms with van der Waals surface area (Å²) in [7, 11) is 0. The molecular formula is C25H27FN4O5. The van der Waals surface area contributed by atoms with Crippen molar-refractivity contribution in [2.75, 3.05) is 13.1 Å². The Morgan fingerprint density at radius 1 is 1.11 bits per heavy atom. The van der Waals surface area contributed by atoms with Crippen molar-refractivity contribution in [2.24, 2.45) is 5.73 Å². The Morgan fingerprint density at radius 3 is 2.51 bits per heavy atom. The first kappa shape index (κ1) is 24.5. The van der Waals surface area contributed by atoms with E-state index in [1.807, 2.05) is 0 Å². The number of piperidine rings is 1. The summed E-state index contributed by atoms with van der Waals surface area (Å²) < 4.78 is 14.7. The van der Waals surface area contributed by atoms with Gasteiger partial charge < -0.3 is 25.4 Å². The quantitative estimate of drug-likeness (QED) is 0.411. The van der Waals surface area contributed by atoms with E-state index >= 15 is 0 Å². The summed E-state index contributed by atoms with van der Waals surface area (Å²) in [5.41, 5.74) is 6.75. The highest BCUT2D eigenvalue weighted by Gasteiger charge is 2.24. The minimum atomic E-state index is -1.82. The van der Waals surface area contributed by atoms with Crippen molar-refractivity contribution in [3.63, 3.8) is 0 Å². The summed E-state index contributed by atoms with van der Waals surface area (Å²) in [6.45, 7) is 0.984. The number of nitrogens with two attached hydrogens (primary N) is 1. The van der Waals surface area contributed by atoms with E-state index in [0.717, 1.165) is 24.0 Å². The normalized spacial score (nSPS) is 14.2. The molecule has 35 heavy (non-hydrogen) atoms. The molecule has 3 aromatic rings. The van der Waals surface area contributed by atoms with Gasteiger partial charge in [0, 0.05) is 44.2 Å². The average molecular weight is 483 g/mol. The molecule has 0 aliphatic carbocycles. The zero-order valence-corrected chi connectivity index (χ0v) is 19.1. The lowest BCUT2D eigenvalue weighted by Crippen LogP contribution is -2.40. The Bertz CT molecular complexity index is 1320. The smallest absolute Gasteiger partial charge is 0.264 e. The second kappa shape index (κ2) is 10.3. The number of halogens is 1. The zero-order valence-electron chi connectivity index (χ0n) is 19.1. The van der Waals surface area contributed by atoms with Gasteiger partial charge in [-0.25, -0.2) is 4.39 Å². The number of pyridine rings is 2. The Morgan fingerprint density at radius 2 is 1.86 bits per heavy atom. The van der Waals surface area contributed by atoms with E-state index in [1.54, 1.807) is 29.3 Å². The highest BCUT2D eigenvalue weighted by Crippen LogP contribution is 2.23. The maximum atomic E-state index is 13.4. The van der Waals surface area contributed by atoms with Crippen LogP contribution >= 0.6 is 0 Å². The number of aromatic nitrogens is 2. The topological polar surface area (TPSA) is 139 Å². The third kappa shape index (κ3) is 5.39. The molecule has 0 unspecified atom stereocenters. The van der Waals surface area contributed by atoms with Crippen LogP contribution in [0.25, 0.3) is 11.0 Å². The van der Waals surface area contributed by atoms with Crippen molar-refractivity contribution in [1.29, 1.82) is 0 Å². The van der Waals surface area contributed by atoms with Gasteiger partial charge in [0.2, 0.25) is 5.91 Å². The Labute approximate surface area is 200 Å². The molecule has 0 spiro atoms. The predicted octanol–water partition coefficient (Wildman–Crippen LogP) is 1.09. The largest absolute Gasteiger partial charge is 0.368 e. The summed E-state index contributed by atoms with van der Waals surface area (Å²) in [6.07, 6.45) is 1.92. The third-order valence-corrected chi connectivity index (χ3v) is 6.23. The average Bonchev–Trinajstić information content (AvgIpc) is 2.81. The number of rotatable bonds is 8. The number of aliphatic hydroxyl groups is 2. The van der Waals surface area contributed by atoms with Crippen molar-refractivity contribution in [3.8, 4) is 0 Å². The number of benzene rings is 1. The van der Waals surface area contributed by atoms with E-state index in [-0.39, 0.29) is 41.5 Å². The van der Waals surface area contributed by atoms with E-state index in [9.17, 15) is 29.0 Å². The lowest BCUT2D eigenvalue weighted by molar-refractivity contribution is -0.133. The molecule has 184 valence electrons. The molecule has 1 aliphatic heterocycles. The van der Waals surface area contributed by atoms with E-state index in [1.165, 1.54) is 16.7 Å². The van der Waals surface area contributed by atoms with E-state index in [0.29, 0.717) is 24.9 Å². The molecule has 1 aromatic carbocycles. The van der Waals surface area contributed by atoms with Crippen molar-refractivity contribution in [1.82, 2.24) is 14.5 Å². The minimum absolute atomic E-state index is 0.0128. The molecule has 3 heterocycles. The molecule has 2 aromatic heterocycles. The summed E-state index contributed by atoms with van der Waals surface area (Å²) >= 11 is 0. The second-order valence-electron chi connectivity index (χ2n) is 8.71. The van der Waals surface area contributed by atoms with Crippen LogP contribution in [0.15, 0.2) is 41.3 Å². The Balaban J connectivity index is 1.83. The highest BCUT2D eigenvalue weighted by atomic mass is 19.1. The minimum Gasteiger partial charge on any atom is -0.368 e. The van der Waals surface area contributed by atoms with Crippen LogP contribution in [0, 0.1) is 5.82 Å². The second-order valence-corrected chi connectivity index (χ2v) is 8.71. The molecule has 1 fully saturated rings. The zero-order chi connectivity index (χ0) is 25.1. The summed E-state index contributed by atoms with van der Waals surface area (Å²) in [5, 5.41) is 19.2. The van der Waals surface area contributed by atoms with Gasteiger partial charge in [0.1, 0.15) is 11.4 Å². The van der Waals surface area contributed by atoms with Crippen LogP contribution in [0.3, 0.4) is 0 Å². The van der Waals surface area contributed by atoms with Gasteiger partial charge in [0.25, 0.3) is 11.5 Å². The monoisotopic (exact) mass is 482 g/mol. The van der Waals surface area contributed by atoms with Crippen LogP contribution < -0.4 is 11.3 Å². The number of aliphatic hydroxyl groups excluding tert-OH is 1. The van der Waals surface area contributed by atoms with Crippen LogP contribution in [0.4, 0.5) is 4.39 Å². The number of carbonyl (C=O) groups is 2. The molecule has 9 nitrogen and oxygen atoms in total. The fourth-order valence-electron chi connectivity index (χ4n) is 4.54. The third-order valence-electron chi connectivity index (χ3n) is 6.23. The maximum Gasteiger partial charge on any atom is 0.264 e. The van der Waals surface area contributed by atoms with Crippen molar-refractivity contribution >= 4 is 22.8 Å². The predicted molar refractivity (Wildman–Crippen MR) is 126 cm³/mol. The number of hydrogen-bond acceptors (Lipinski definition) is 6. The lowest BCUT2D eigenvalue weighted by atomic mass is 10.0. The number of fused-ring (bicyclic) bond motifs is 1. The number of amides is 2. The van der Waals surface area contributed by atoms with E-state index in [4.69, 9.17) is 5.73 Å². The van der Waals surface area contributed by atoms with Gasteiger partial charge in [0.15, 0.2) is 6.29 Å². The molecule has 1 aliphatic rings. The number of hydrogen-bond donors (Lipinski definition) is 3. The van der Waals surface area contributed by atoms with Crippen molar-refractivity contribution in [3.05, 3.63) is 75.0 Å². The van der Waals surface area contributed by atoms with E-state index in [2.05, 4.69) is 4.98 Å². The summed E-state index contributed by atoms with van der Waals surface area (Å²) in [4.78, 5) is 44.1. The maximum absolute atomic E-state index is 13.4. The molecule has 4 rings (SSSR count). The molecule has 2 amide bonds. The van der Waals surface area contributed by atoms with Crippen LogP contribution in [-0.2, 0) is 24.2 Å². The Kier molecular flexibility index (Phi) is 7.23. The first-order chi connectivity index (χ1) is 16.7. The fraction of sp³-hybridized carbons (Fsp3) is 0.360. The van der Waals surface area contributed by atoms with Gasteiger partial charge in [-0.05, 0) is 48.6 Å². The molecule has 0 bridgehead atoms. The van der Waals surface area contributed by atoms with Gasteiger partial charge >= 0.3 is 0 Å². The van der Waals surface area contributed by atoms with Crippen LogP contribution in [-0.4, -0.2) is 55.9 Å². The first-order valence-electron chi connectivity index (χ1n) is 11.5. The van der Waals surface area contributed by atoms with Crippen molar-refractivity contribution < 1.29 is 24.2 Å². The van der Waals surface area contributed by atoms with Gasteiger partial charge in [0.05, 0.1) is 11.0 Å². The summed E-state index contributed by atoms with van der Waals surface area (Å²) in [5.74, 6) is -1.33. The highest BCUT2D eigenvalue weighted by molar-refractivity contribution is 5.98. The molecule has 1 saturated heterocycles. The molecule has 10 heteroatoms. The van der Waals surface area contributed by atoms with Gasteiger partial charge in [-0.3, -0.25) is 19.4 Å². The number of primary amides is 1. The van der Waals surface area contributed by atoms with E-state index < -0.39 is 24.2 Å². The van der Waals surface area contributed by atoms with Gasteiger partial charge in [-0.2, -0.15) is 0 Å². The summed E-state index contributed by atoms with van der Waals surface area (Å²) in [6, 6.07) is 7.75. The Hall–Kier alpha value is -3.63. The first-order valence-corrected chi connectivity index (χ1v) is 11.5. The number of likely N-dealkylation sites (tertiary alicyclic amines) is 1. The molecular weight excluding hydrogens is 455 g/mol. The number of nitrogens with zero attached hydrogens (tertiary/aromatic N) is 3. The molecule has 4 N–H and O–H groups in total. The van der Waals surface area contributed by atoms with Crippen LogP contribution in [0.5, 0.6) is 0 Å². The molecule has 0 saturated carbocycles. The van der Waals surface area contributed by atoms with Gasteiger partial charge in [-0.15, -0.1) is 0 Å². The molecule has 0 atom stereocenters. The standard InChI is InChI=1S/C25H27FN4O5/c26-17-6-4-15(5-7-17)11-16-12-19-23(28-14-16)18(13-21(32)33)22(24(27)34)25(35)30(19)10-9-29-8-2-1-3-20(29)31/h4-7,12,14,21,32-33H,1-3,8-11,13H2,(H2,27,34). The van der Waals surface area contributed by atoms with Crippen LogP contribution in [0.1, 0.15) is 46.3 Å². The van der Waals surface area contributed by atoms with Gasteiger partial charge in [-0.1, -0.05) is 12.1 Å². The molecule has 0 radical (unpaired) electrons. The fourth-order valence-corrected chi connectivity index (χ4v) is 4.54.